The monoisotopic (exact) mass is 818 g/mol. The van der Waals surface area contributed by atoms with E-state index in [4.69, 9.17) is 23.1 Å². The van der Waals surface area contributed by atoms with Gasteiger partial charge in [-0.1, -0.05) is 80.0 Å². The standard InChI is InChI=1S/C41H51ClN8O8/c1-23(2)35(36(44)53)50-41(58)33-22-34(52)45-18-6-9-30(46-37(54)29(43)19-25-12-16-28(51)17-13-25)38(55)47-31(20-24-7-4-3-5-8-24)39(56)48-32(40(57)49-33)21-26-10-14-27(42)15-11-26/h3-5,7-8,10-17,23,29-33,35,51H,6,9,18-22,43H2,1-2H3,(H2,44,53)(H,45,52)(H,46,54)(H,47,55)(H,48,56)(H,49,57)(H,50,58)/t29-,30+,31-,32-,33-,35-/m0/s1. The number of aromatic hydroxyl groups is 1. The molecule has 310 valence electrons. The maximum absolute atomic E-state index is 14.2. The van der Waals surface area contributed by atoms with Crippen LogP contribution < -0.4 is 43.4 Å². The van der Waals surface area contributed by atoms with Crippen LogP contribution in [0, 0.1) is 5.92 Å². The third-order valence-corrected chi connectivity index (χ3v) is 9.80. The molecule has 1 fully saturated rings. The van der Waals surface area contributed by atoms with Gasteiger partial charge in [0.2, 0.25) is 41.4 Å². The Morgan fingerprint density at radius 1 is 0.810 bits per heavy atom. The molecular formula is C41H51ClN8O8. The van der Waals surface area contributed by atoms with Gasteiger partial charge in [0.05, 0.1) is 12.5 Å². The first-order valence-electron chi connectivity index (χ1n) is 19.0. The fraction of sp³-hybridized carbons (Fsp3) is 0.390. The molecule has 7 amide bonds. The molecule has 3 aromatic carbocycles. The SMILES string of the molecule is CC(C)[C@H](NC(=O)[C@@H]1CC(=O)NCCC[C@@H](NC(=O)[C@@H](N)Cc2ccc(O)cc2)C(=O)N[C@@H](Cc2ccccc2)C(=O)N[C@@H](Cc2ccc(Cl)cc2)C(=O)N1)C(N)=O. The van der Waals surface area contributed by atoms with Crippen LogP contribution in [0.2, 0.25) is 5.02 Å². The van der Waals surface area contributed by atoms with E-state index in [0.717, 1.165) is 0 Å². The van der Waals surface area contributed by atoms with Crippen molar-refractivity contribution >= 4 is 53.0 Å². The second kappa shape index (κ2) is 21.5. The molecule has 58 heavy (non-hydrogen) atoms. The molecule has 1 aliphatic heterocycles. The molecule has 16 nitrogen and oxygen atoms in total. The zero-order valence-electron chi connectivity index (χ0n) is 32.3. The predicted molar refractivity (Wildman–Crippen MR) is 216 cm³/mol. The Balaban J connectivity index is 1.68. The van der Waals surface area contributed by atoms with E-state index in [1.165, 1.54) is 12.1 Å². The van der Waals surface area contributed by atoms with Crippen molar-refractivity contribution < 1.29 is 38.7 Å². The van der Waals surface area contributed by atoms with E-state index in [1.54, 1.807) is 80.6 Å². The van der Waals surface area contributed by atoms with Gasteiger partial charge in [0.15, 0.2) is 0 Å². The van der Waals surface area contributed by atoms with Crippen molar-refractivity contribution in [2.75, 3.05) is 6.54 Å². The van der Waals surface area contributed by atoms with Crippen LogP contribution in [0.15, 0.2) is 78.9 Å². The number of hydrogen-bond acceptors (Lipinski definition) is 9. The van der Waals surface area contributed by atoms with E-state index in [-0.39, 0.29) is 44.4 Å². The van der Waals surface area contributed by atoms with Crippen LogP contribution in [0.3, 0.4) is 0 Å². The zero-order valence-corrected chi connectivity index (χ0v) is 33.1. The number of amides is 7. The number of rotatable bonds is 12. The zero-order chi connectivity index (χ0) is 42.4. The maximum atomic E-state index is 14.2. The van der Waals surface area contributed by atoms with Crippen LogP contribution in [0.5, 0.6) is 5.75 Å². The Morgan fingerprint density at radius 3 is 1.98 bits per heavy atom. The van der Waals surface area contributed by atoms with Crippen molar-refractivity contribution in [2.45, 2.75) is 88.6 Å². The van der Waals surface area contributed by atoms with Crippen molar-refractivity contribution in [1.82, 2.24) is 31.9 Å². The number of carbonyl (C=O) groups excluding carboxylic acids is 7. The van der Waals surface area contributed by atoms with Crippen molar-refractivity contribution in [2.24, 2.45) is 17.4 Å². The molecule has 0 bridgehead atoms. The fourth-order valence-electron chi connectivity index (χ4n) is 6.29. The molecule has 1 heterocycles. The van der Waals surface area contributed by atoms with Gasteiger partial charge in [0, 0.05) is 24.4 Å². The summed E-state index contributed by atoms with van der Waals surface area (Å²) in [5, 5.41) is 26.0. The van der Waals surface area contributed by atoms with Crippen molar-refractivity contribution in [3.05, 3.63) is 101 Å². The fourth-order valence-corrected chi connectivity index (χ4v) is 6.41. The molecule has 6 atom stereocenters. The Hall–Kier alpha value is -6.00. The minimum Gasteiger partial charge on any atom is -0.508 e. The molecule has 0 saturated carbocycles. The number of nitrogens with one attached hydrogen (secondary N) is 6. The molecule has 0 unspecified atom stereocenters. The molecule has 0 aliphatic carbocycles. The van der Waals surface area contributed by atoms with Gasteiger partial charge in [-0.3, -0.25) is 33.6 Å². The molecule has 1 aliphatic rings. The predicted octanol–water partition coefficient (Wildman–Crippen LogP) is 0.266. The summed E-state index contributed by atoms with van der Waals surface area (Å²) in [5.41, 5.74) is 13.7. The summed E-state index contributed by atoms with van der Waals surface area (Å²) in [6.45, 7) is 3.34. The highest BCUT2D eigenvalue weighted by molar-refractivity contribution is 6.30. The van der Waals surface area contributed by atoms with Gasteiger partial charge in [-0.15, -0.1) is 0 Å². The van der Waals surface area contributed by atoms with Crippen LogP contribution >= 0.6 is 11.6 Å². The van der Waals surface area contributed by atoms with Gasteiger partial charge in [-0.05, 0) is 66.1 Å². The number of hydrogen-bond donors (Lipinski definition) is 9. The minimum atomic E-state index is -1.49. The maximum Gasteiger partial charge on any atom is 0.243 e. The third kappa shape index (κ3) is 13.9. The van der Waals surface area contributed by atoms with Crippen molar-refractivity contribution in [3.8, 4) is 5.75 Å². The van der Waals surface area contributed by atoms with Crippen LogP contribution in [0.1, 0.15) is 49.8 Å². The average molecular weight is 819 g/mol. The van der Waals surface area contributed by atoms with Crippen LogP contribution in [0.25, 0.3) is 0 Å². The van der Waals surface area contributed by atoms with Crippen molar-refractivity contribution in [1.29, 1.82) is 0 Å². The molecule has 0 radical (unpaired) electrons. The van der Waals surface area contributed by atoms with Gasteiger partial charge in [-0.25, -0.2) is 0 Å². The molecule has 0 aromatic heterocycles. The Labute approximate surface area is 341 Å². The van der Waals surface area contributed by atoms with Crippen LogP contribution in [-0.4, -0.2) is 89.3 Å². The Kier molecular flexibility index (Phi) is 16.6. The number of halogens is 1. The normalized spacial score (nSPS) is 20.7. The van der Waals surface area contributed by atoms with Gasteiger partial charge >= 0.3 is 0 Å². The highest BCUT2D eigenvalue weighted by Gasteiger charge is 2.34. The van der Waals surface area contributed by atoms with E-state index < -0.39 is 89.9 Å². The lowest BCUT2D eigenvalue weighted by Crippen LogP contribution is -2.61. The highest BCUT2D eigenvalue weighted by Crippen LogP contribution is 2.14. The van der Waals surface area contributed by atoms with E-state index in [0.29, 0.717) is 21.7 Å². The Bertz CT molecular complexity index is 1910. The smallest absolute Gasteiger partial charge is 0.243 e. The molecule has 4 rings (SSSR count). The average Bonchev–Trinajstić information content (AvgIpc) is 3.18. The van der Waals surface area contributed by atoms with E-state index >= 15 is 0 Å². The number of carbonyl (C=O) groups is 7. The first kappa shape index (κ1) is 44.7. The summed E-state index contributed by atoms with van der Waals surface area (Å²) in [6, 6.07) is 14.0. The first-order chi connectivity index (χ1) is 27.6. The number of primary amides is 1. The van der Waals surface area contributed by atoms with Gasteiger partial charge in [0.25, 0.3) is 0 Å². The van der Waals surface area contributed by atoms with Crippen molar-refractivity contribution in [3.63, 3.8) is 0 Å². The molecule has 3 aromatic rings. The molecule has 11 N–H and O–H groups in total. The molecule has 1 saturated heterocycles. The second-order valence-corrected chi connectivity index (χ2v) is 15.0. The van der Waals surface area contributed by atoms with Crippen LogP contribution in [0.4, 0.5) is 0 Å². The summed E-state index contributed by atoms with van der Waals surface area (Å²) >= 11 is 6.10. The van der Waals surface area contributed by atoms with Gasteiger partial charge in [0.1, 0.15) is 36.0 Å². The van der Waals surface area contributed by atoms with E-state index in [2.05, 4.69) is 31.9 Å². The Morgan fingerprint density at radius 2 is 1.38 bits per heavy atom. The topological polar surface area (TPSA) is 264 Å². The summed E-state index contributed by atoms with van der Waals surface area (Å²) in [5.74, 6) is -5.61. The molecule has 17 heteroatoms. The number of benzene rings is 3. The first-order valence-corrected chi connectivity index (χ1v) is 19.4. The summed E-state index contributed by atoms with van der Waals surface area (Å²) in [4.78, 5) is 94.7. The molecular weight excluding hydrogens is 768 g/mol. The minimum absolute atomic E-state index is 0.000470. The van der Waals surface area contributed by atoms with E-state index in [1.807, 2.05) is 0 Å². The number of phenols is 1. The van der Waals surface area contributed by atoms with E-state index in [9.17, 15) is 38.7 Å². The van der Waals surface area contributed by atoms with Gasteiger partial charge in [-0.2, -0.15) is 0 Å². The van der Waals surface area contributed by atoms with Crippen LogP contribution in [-0.2, 0) is 52.8 Å². The lowest BCUT2D eigenvalue weighted by molar-refractivity contribution is -0.136. The lowest BCUT2D eigenvalue weighted by atomic mass is 10.0. The van der Waals surface area contributed by atoms with Gasteiger partial charge < -0.3 is 48.5 Å². The number of phenolic OH excluding ortho intramolecular Hbond substituents is 1. The molecule has 0 spiro atoms. The summed E-state index contributed by atoms with van der Waals surface area (Å²) in [6.07, 6.45) is -0.368. The number of nitrogens with two attached hydrogens (primary N) is 2. The third-order valence-electron chi connectivity index (χ3n) is 9.55. The summed E-state index contributed by atoms with van der Waals surface area (Å²) < 4.78 is 0. The largest absolute Gasteiger partial charge is 0.508 e. The quantitative estimate of drug-likeness (QED) is 0.121. The second-order valence-electron chi connectivity index (χ2n) is 14.6. The highest BCUT2D eigenvalue weighted by atomic mass is 35.5. The lowest BCUT2D eigenvalue weighted by Gasteiger charge is -2.28. The summed E-state index contributed by atoms with van der Waals surface area (Å²) in [7, 11) is 0.